The fraction of sp³-hybridized carbons (Fsp3) is 0.714. The minimum atomic E-state index is 0.449. The molecule has 5 heteroatoms. The quantitative estimate of drug-likeness (QED) is 0.644. The van der Waals surface area contributed by atoms with Gasteiger partial charge in [0.05, 0.1) is 0 Å². The van der Waals surface area contributed by atoms with Gasteiger partial charge in [0.25, 0.3) is 0 Å². The first-order valence-corrected chi connectivity index (χ1v) is 7.13. The second-order valence-corrected chi connectivity index (χ2v) is 6.07. The van der Waals surface area contributed by atoms with E-state index < -0.39 is 0 Å². The molecule has 3 N–H and O–H groups in total. The monoisotopic (exact) mass is 263 g/mol. The highest BCUT2D eigenvalue weighted by Gasteiger charge is 2.26. The molecule has 1 saturated heterocycles. The fourth-order valence-corrected chi connectivity index (χ4v) is 2.40. The molecule has 0 atom stereocenters. The van der Waals surface area contributed by atoms with Crippen molar-refractivity contribution in [3.8, 4) is 0 Å². The maximum Gasteiger partial charge on any atom is 0.145 e. The Labute approximate surface area is 115 Å². The van der Waals surface area contributed by atoms with Crippen LogP contribution < -0.4 is 16.2 Å². The van der Waals surface area contributed by atoms with Gasteiger partial charge in [0.1, 0.15) is 17.5 Å². The number of aromatic nitrogens is 2. The number of nitrogens with two attached hydrogens (primary N) is 1. The lowest BCUT2D eigenvalue weighted by Gasteiger charge is -2.37. The second-order valence-electron chi connectivity index (χ2n) is 6.07. The first-order valence-electron chi connectivity index (χ1n) is 7.13. The summed E-state index contributed by atoms with van der Waals surface area (Å²) in [6, 6.07) is 1.94. The van der Waals surface area contributed by atoms with Crippen LogP contribution in [0, 0.1) is 5.41 Å². The molecule has 106 valence electrons. The molecular weight excluding hydrogens is 238 g/mol. The number of rotatable bonds is 4. The molecule has 0 radical (unpaired) electrons. The summed E-state index contributed by atoms with van der Waals surface area (Å²) in [4.78, 5) is 11.4. The molecule has 0 bridgehead atoms. The molecule has 0 amide bonds. The van der Waals surface area contributed by atoms with E-state index in [4.69, 9.17) is 5.84 Å². The smallest absolute Gasteiger partial charge is 0.145 e. The minimum Gasteiger partial charge on any atom is -0.356 e. The molecule has 0 saturated carbocycles. The minimum absolute atomic E-state index is 0.449. The molecule has 0 unspecified atom stereocenters. The fourth-order valence-electron chi connectivity index (χ4n) is 2.40. The second kappa shape index (κ2) is 5.74. The molecule has 5 nitrogen and oxygen atoms in total. The topological polar surface area (TPSA) is 67.1 Å². The summed E-state index contributed by atoms with van der Waals surface area (Å²) in [7, 11) is 0. The zero-order valence-electron chi connectivity index (χ0n) is 12.2. The number of piperidine rings is 1. The highest BCUT2D eigenvalue weighted by atomic mass is 15.3. The van der Waals surface area contributed by atoms with Gasteiger partial charge in [-0.3, -0.25) is 0 Å². The maximum absolute atomic E-state index is 5.50. The molecule has 1 aromatic rings. The Kier molecular flexibility index (Phi) is 4.24. The molecule has 0 aliphatic carbocycles. The van der Waals surface area contributed by atoms with Gasteiger partial charge in [-0.1, -0.05) is 20.8 Å². The predicted molar refractivity (Wildman–Crippen MR) is 79.1 cm³/mol. The van der Waals surface area contributed by atoms with E-state index in [2.05, 4.69) is 41.1 Å². The van der Waals surface area contributed by atoms with Crippen molar-refractivity contribution in [2.45, 2.75) is 46.5 Å². The van der Waals surface area contributed by atoms with Crippen LogP contribution in [0.1, 0.15) is 45.9 Å². The summed E-state index contributed by atoms with van der Waals surface area (Å²) < 4.78 is 0. The summed E-state index contributed by atoms with van der Waals surface area (Å²) in [5.41, 5.74) is 3.09. The van der Waals surface area contributed by atoms with Crippen LogP contribution in [0.2, 0.25) is 0 Å². The van der Waals surface area contributed by atoms with E-state index in [0.717, 1.165) is 37.6 Å². The van der Waals surface area contributed by atoms with E-state index >= 15 is 0 Å². The van der Waals surface area contributed by atoms with Gasteiger partial charge < -0.3 is 10.3 Å². The van der Waals surface area contributed by atoms with Gasteiger partial charge in [-0.05, 0) is 24.7 Å². The van der Waals surface area contributed by atoms with Crippen molar-refractivity contribution >= 4 is 11.6 Å². The Morgan fingerprint density at radius 1 is 1.32 bits per heavy atom. The van der Waals surface area contributed by atoms with E-state index in [1.165, 1.54) is 12.8 Å². The lowest BCUT2D eigenvalue weighted by Crippen LogP contribution is -2.38. The summed E-state index contributed by atoms with van der Waals surface area (Å²) in [6.45, 7) is 8.91. The van der Waals surface area contributed by atoms with Crippen molar-refractivity contribution in [1.82, 2.24) is 9.97 Å². The molecule has 1 aromatic heterocycles. The first-order chi connectivity index (χ1) is 9.04. The maximum atomic E-state index is 5.50. The summed E-state index contributed by atoms with van der Waals surface area (Å²) >= 11 is 0. The molecular formula is C14H25N5. The Hall–Kier alpha value is -1.36. The van der Waals surface area contributed by atoms with Crippen molar-refractivity contribution in [2.75, 3.05) is 23.4 Å². The molecule has 1 fully saturated rings. The van der Waals surface area contributed by atoms with Crippen molar-refractivity contribution < 1.29 is 0 Å². The molecule has 1 aliphatic heterocycles. The third-order valence-electron chi connectivity index (χ3n) is 3.82. The molecule has 0 aromatic carbocycles. The number of anilines is 2. The van der Waals surface area contributed by atoms with Crippen LogP contribution in [0.25, 0.3) is 0 Å². The van der Waals surface area contributed by atoms with Crippen LogP contribution in [-0.2, 0) is 6.42 Å². The molecule has 2 heterocycles. The third-order valence-corrected chi connectivity index (χ3v) is 3.82. The van der Waals surface area contributed by atoms with Gasteiger partial charge >= 0.3 is 0 Å². The SMILES string of the molecule is CCCc1nc(NN)cc(N2CCC(C)(C)CC2)n1. The van der Waals surface area contributed by atoms with E-state index in [1.807, 2.05) is 6.07 Å². The van der Waals surface area contributed by atoms with Gasteiger partial charge in [-0.2, -0.15) is 0 Å². The van der Waals surface area contributed by atoms with Gasteiger partial charge in [-0.25, -0.2) is 15.8 Å². The Balaban J connectivity index is 2.17. The zero-order valence-corrected chi connectivity index (χ0v) is 12.2. The van der Waals surface area contributed by atoms with Crippen molar-refractivity contribution in [3.05, 3.63) is 11.9 Å². The number of nitrogens with one attached hydrogen (secondary N) is 1. The largest absolute Gasteiger partial charge is 0.356 e. The molecule has 0 spiro atoms. The highest BCUT2D eigenvalue weighted by molar-refractivity contribution is 5.49. The van der Waals surface area contributed by atoms with Crippen LogP contribution in [0.5, 0.6) is 0 Å². The number of nitrogens with zero attached hydrogens (tertiary/aromatic N) is 3. The molecule has 1 aliphatic rings. The lowest BCUT2D eigenvalue weighted by molar-refractivity contribution is 0.279. The highest BCUT2D eigenvalue weighted by Crippen LogP contribution is 2.31. The van der Waals surface area contributed by atoms with Crippen LogP contribution in [0.3, 0.4) is 0 Å². The van der Waals surface area contributed by atoms with Crippen molar-refractivity contribution in [3.63, 3.8) is 0 Å². The van der Waals surface area contributed by atoms with Gasteiger partial charge in [0.15, 0.2) is 0 Å². The normalized spacial score (nSPS) is 18.4. The number of nitrogen functional groups attached to an aromatic ring is 1. The summed E-state index contributed by atoms with van der Waals surface area (Å²) in [6.07, 6.45) is 4.33. The number of hydrazine groups is 1. The van der Waals surface area contributed by atoms with Crippen LogP contribution >= 0.6 is 0 Å². The number of aryl methyl sites for hydroxylation is 1. The summed E-state index contributed by atoms with van der Waals surface area (Å²) in [5.74, 6) is 8.08. The van der Waals surface area contributed by atoms with Gasteiger partial charge in [0, 0.05) is 25.6 Å². The van der Waals surface area contributed by atoms with Crippen molar-refractivity contribution in [1.29, 1.82) is 0 Å². The molecule has 2 rings (SSSR count). The van der Waals surface area contributed by atoms with E-state index in [9.17, 15) is 0 Å². The standard InChI is InChI=1S/C14H25N5/c1-4-5-11-16-12(18-15)10-13(17-11)19-8-6-14(2,3)7-9-19/h10H,4-9,15H2,1-3H3,(H,16,17,18). The molecule has 19 heavy (non-hydrogen) atoms. The average Bonchev–Trinajstić information content (AvgIpc) is 2.38. The lowest BCUT2D eigenvalue weighted by atomic mass is 9.83. The Morgan fingerprint density at radius 2 is 2.00 bits per heavy atom. The van der Waals surface area contributed by atoms with E-state index in [1.54, 1.807) is 0 Å². The van der Waals surface area contributed by atoms with Crippen molar-refractivity contribution in [2.24, 2.45) is 11.3 Å². The van der Waals surface area contributed by atoms with E-state index in [-0.39, 0.29) is 0 Å². The van der Waals surface area contributed by atoms with Crippen LogP contribution in [0.15, 0.2) is 6.07 Å². The van der Waals surface area contributed by atoms with Crippen LogP contribution in [0.4, 0.5) is 11.6 Å². The predicted octanol–water partition coefficient (Wildman–Crippen LogP) is 2.34. The first kappa shape index (κ1) is 14.1. The third kappa shape index (κ3) is 3.56. The van der Waals surface area contributed by atoms with Gasteiger partial charge in [-0.15, -0.1) is 0 Å². The number of hydrogen-bond acceptors (Lipinski definition) is 5. The zero-order chi connectivity index (χ0) is 13.9. The summed E-state index contributed by atoms with van der Waals surface area (Å²) in [5, 5.41) is 0. The van der Waals surface area contributed by atoms with Gasteiger partial charge in [0.2, 0.25) is 0 Å². The number of hydrogen-bond donors (Lipinski definition) is 2. The Bertz CT molecular complexity index is 420. The average molecular weight is 263 g/mol. The van der Waals surface area contributed by atoms with Crippen LogP contribution in [-0.4, -0.2) is 23.1 Å². The van der Waals surface area contributed by atoms with E-state index in [0.29, 0.717) is 11.2 Å². The Morgan fingerprint density at radius 3 is 2.58 bits per heavy atom.